The molecule has 1 aromatic heterocycles. The highest BCUT2D eigenvalue weighted by Gasteiger charge is 2.27. The summed E-state index contributed by atoms with van der Waals surface area (Å²) < 4.78 is 7.60. The molecule has 2 heterocycles. The highest BCUT2D eigenvalue weighted by atomic mass is 35.5. The summed E-state index contributed by atoms with van der Waals surface area (Å²) in [5.41, 5.74) is 4.93. The Morgan fingerprint density at radius 1 is 1.35 bits per heavy atom. The van der Waals surface area contributed by atoms with E-state index in [2.05, 4.69) is 20.8 Å². The number of amides is 1. The number of aromatic amines is 1. The topological polar surface area (TPSA) is 93.5 Å². The van der Waals surface area contributed by atoms with Gasteiger partial charge in [-0.05, 0) is 36.5 Å². The van der Waals surface area contributed by atoms with Gasteiger partial charge in [-0.1, -0.05) is 46.6 Å². The van der Waals surface area contributed by atoms with Gasteiger partial charge in [0, 0.05) is 34.5 Å². The summed E-state index contributed by atoms with van der Waals surface area (Å²) >= 11 is 17.4. The van der Waals surface area contributed by atoms with E-state index in [9.17, 15) is 4.79 Å². The minimum absolute atomic E-state index is 0.0744. The van der Waals surface area contributed by atoms with E-state index in [0.29, 0.717) is 28.0 Å². The fourth-order valence-electron chi connectivity index (χ4n) is 3.14. The molecule has 1 aliphatic rings. The molecule has 1 amide bonds. The number of para-hydroxylation sites is 1. The molecule has 31 heavy (non-hydrogen) atoms. The third-order valence-corrected chi connectivity index (χ3v) is 5.38. The number of aromatic nitrogens is 3. The van der Waals surface area contributed by atoms with Crippen LogP contribution in [0.25, 0.3) is 0 Å². The van der Waals surface area contributed by atoms with Crippen LogP contribution in [-0.4, -0.2) is 26.5 Å². The van der Waals surface area contributed by atoms with Crippen molar-refractivity contribution in [2.75, 3.05) is 5.43 Å². The fourth-order valence-corrected chi connectivity index (χ4v) is 3.87. The van der Waals surface area contributed by atoms with Gasteiger partial charge >= 0.3 is 0 Å². The molecule has 0 radical (unpaired) electrons. The number of oxime groups is 1. The molecular weight excluding hydrogens is 461 g/mol. The largest absolute Gasteiger partial charge is 0.485 e. The van der Waals surface area contributed by atoms with Crippen LogP contribution >= 0.6 is 35.4 Å². The number of hydrogen-bond donors (Lipinski definition) is 2. The van der Waals surface area contributed by atoms with Crippen molar-refractivity contribution in [1.82, 2.24) is 14.9 Å². The van der Waals surface area contributed by atoms with Crippen LogP contribution in [0.2, 0.25) is 10.0 Å². The molecule has 3 aromatic rings. The van der Waals surface area contributed by atoms with Gasteiger partial charge in [0.15, 0.2) is 11.9 Å². The van der Waals surface area contributed by atoms with Crippen molar-refractivity contribution < 1.29 is 14.4 Å². The molecule has 1 aliphatic heterocycles. The van der Waals surface area contributed by atoms with Crippen LogP contribution in [0, 0.1) is 4.77 Å². The number of rotatable bonds is 6. The van der Waals surface area contributed by atoms with Crippen LogP contribution in [0.5, 0.6) is 5.75 Å². The lowest BCUT2D eigenvalue weighted by Crippen LogP contribution is -2.23. The number of nitrogens with zero attached hydrogens (tertiary/aromatic N) is 3. The van der Waals surface area contributed by atoms with Crippen LogP contribution in [0.1, 0.15) is 36.4 Å². The number of hydrogen-bond acceptors (Lipinski definition) is 6. The van der Waals surface area contributed by atoms with Crippen LogP contribution in [0.15, 0.2) is 47.6 Å². The second-order valence-corrected chi connectivity index (χ2v) is 7.97. The normalized spacial score (nSPS) is 15.3. The molecule has 8 nitrogen and oxygen atoms in total. The van der Waals surface area contributed by atoms with E-state index in [-0.39, 0.29) is 23.4 Å². The molecule has 0 saturated carbocycles. The zero-order valence-corrected chi connectivity index (χ0v) is 18.6. The summed E-state index contributed by atoms with van der Waals surface area (Å²) in [6.45, 7) is 1.46. The fraction of sp³-hybridized carbons (Fsp3) is 0.200. The van der Waals surface area contributed by atoms with E-state index in [0.717, 1.165) is 16.8 Å². The molecule has 2 N–H and O–H groups in total. The maximum atomic E-state index is 11.4. The summed E-state index contributed by atoms with van der Waals surface area (Å²) in [5, 5.41) is 12.1. The Morgan fingerprint density at radius 3 is 2.94 bits per heavy atom. The van der Waals surface area contributed by atoms with E-state index < -0.39 is 0 Å². The van der Waals surface area contributed by atoms with E-state index in [4.69, 9.17) is 45.0 Å². The van der Waals surface area contributed by atoms with Crippen molar-refractivity contribution in [3.63, 3.8) is 0 Å². The Balaban J connectivity index is 1.51. The number of carbonyl (C=O) groups excluding carboxylic acids is 1. The zero-order chi connectivity index (χ0) is 22.0. The van der Waals surface area contributed by atoms with Crippen molar-refractivity contribution in [1.29, 1.82) is 0 Å². The number of ether oxygens (including phenoxy) is 1. The SMILES string of the molecule is CC(=O)Nn1c(COc2ccccc2C2=NOC(c3ccc(Cl)cc3Cl)C2)n[nH]c1=S. The summed E-state index contributed by atoms with van der Waals surface area (Å²) in [6, 6.07) is 12.7. The monoisotopic (exact) mass is 477 g/mol. The summed E-state index contributed by atoms with van der Waals surface area (Å²) in [4.78, 5) is 17.0. The van der Waals surface area contributed by atoms with Gasteiger partial charge in [-0.3, -0.25) is 15.3 Å². The van der Waals surface area contributed by atoms with Crippen LogP contribution in [0.3, 0.4) is 0 Å². The first-order valence-electron chi connectivity index (χ1n) is 9.26. The molecule has 4 rings (SSSR count). The van der Waals surface area contributed by atoms with E-state index in [1.165, 1.54) is 11.6 Å². The molecule has 0 aliphatic carbocycles. The van der Waals surface area contributed by atoms with Gasteiger partial charge in [0.25, 0.3) is 0 Å². The Hall–Kier alpha value is -2.88. The second kappa shape index (κ2) is 9.09. The lowest BCUT2D eigenvalue weighted by atomic mass is 9.99. The smallest absolute Gasteiger partial charge is 0.235 e. The van der Waals surface area contributed by atoms with Gasteiger partial charge in [0.1, 0.15) is 12.4 Å². The van der Waals surface area contributed by atoms with E-state index in [1.54, 1.807) is 12.1 Å². The minimum Gasteiger partial charge on any atom is -0.485 e. The molecular formula is C20H17Cl2N5O3S. The van der Waals surface area contributed by atoms with E-state index >= 15 is 0 Å². The van der Waals surface area contributed by atoms with Crippen molar-refractivity contribution in [3.8, 4) is 5.75 Å². The Labute approximate surface area is 192 Å². The molecule has 1 atom stereocenters. The van der Waals surface area contributed by atoms with Crippen molar-refractivity contribution >= 4 is 47.0 Å². The number of carbonyl (C=O) groups is 1. The Bertz CT molecular complexity index is 1220. The lowest BCUT2D eigenvalue weighted by Gasteiger charge is -2.12. The van der Waals surface area contributed by atoms with Crippen LogP contribution in [-0.2, 0) is 16.2 Å². The average molecular weight is 478 g/mol. The zero-order valence-electron chi connectivity index (χ0n) is 16.3. The molecule has 0 spiro atoms. The molecule has 2 aromatic carbocycles. The summed E-state index contributed by atoms with van der Waals surface area (Å²) in [5.74, 6) is 0.741. The van der Waals surface area contributed by atoms with Gasteiger partial charge in [0.05, 0.1) is 5.71 Å². The summed E-state index contributed by atoms with van der Waals surface area (Å²) in [6.07, 6.45) is 0.204. The van der Waals surface area contributed by atoms with Gasteiger partial charge in [-0.2, -0.15) is 5.10 Å². The molecule has 1 unspecified atom stereocenters. The van der Waals surface area contributed by atoms with Gasteiger partial charge in [-0.15, -0.1) is 0 Å². The van der Waals surface area contributed by atoms with Crippen LogP contribution < -0.4 is 10.2 Å². The standard InChI is InChI=1S/C20H17Cl2N5O3S/c1-11(28)25-27-19(23-24-20(27)31)10-29-17-5-3-2-4-14(17)16-9-18(30-26-16)13-7-6-12(21)8-15(13)22/h2-8,18H,9-10H2,1H3,(H,24,31)(H,25,28). The van der Waals surface area contributed by atoms with Crippen molar-refractivity contribution in [2.45, 2.75) is 26.1 Å². The molecule has 11 heteroatoms. The highest BCUT2D eigenvalue weighted by molar-refractivity contribution is 7.71. The average Bonchev–Trinajstić information content (AvgIpc) is 3.34. The lowest BCUT2D eigenvalue weighted by molar-refractivity contribution is -0.115. The maximum Gasteiger partial charge on any atom is 0.235 e. The van der Waals surface area contributed by atoms with Crippen molar-refractivity contribution in [3.05, 3.63) is 74.2 Å². The number of halogens is 2. The highest BCUT2D eigenvalue weighted by Crippen LogP contribution is 2.36. The van der Waals surface area contributed by atoms with Crippen LogP contribution in [0.4, 0.5) is 0 Å². The van der Waals surface area contributed by atoms with Gasteiger partial charge in [-0.25, -0.2) is 4.68 Å². The minimum atomic E-state index is -0.316. The van der Waals surface area contributed by atoms with Gasteiger partial charge in [0.2, 0.25) is 10.7 Å². The predicted octanol–water partition coefficient (Wildman–Crippen LogP) is 4.78. The number of nitrogens with one attached hydrogen (secondary N) is 2. The second-order valence-electron chi connectivity index (χ2n) is 6.74. The first-order valence-corrected chi connectivity index (χ1v) is 10.4. The maximum absolute atomic E-state index is 11.4. The van der Waals surface area contributed by atoms with Gasteiger partial charge < -0.3 is 9.57 Å². The number of benzene rings is 2. The number of H-pyrrole nitrogens is 1. The molecule has 160 valence electrons. The predicted molar refractivity (Wildman–Crippen MR) is 120 cm³/mol. The molecule has 0 fully saturated rings. The first kappa shape index (κ1) is 21.4. The Kier molecular flexibility index (Phi) is 6.26. The quantitative estimate of drug-likeness (QED) is 0.498. The molecule has 0 bridgehead atoms. The van der Waals surface area contributed by atoms with E-state index in [1.807, 2.05) is 30.3 Å². The first-order chi connectivity index (χ1) is 14.9. The Morgan fingerprint density at radius 2 is 2.16 bits per heavy atom. The third-order valence-electron chi connectivity index (χ3n) is 4.54. The molecule has 0 saturated heterocycles. The third kappa shape index (κ3) is 4.73. The summed E-state index contributed by atoms with van der Waals surface area (Å²) in [7, 11) is 0. The van der Waals surface area contributed by atoms with Crippen molar-refractivity contribution in [2.24, 2.45) is 5.16 Å².